The van der Waals surface area contributed by atoms with Crippen LogP contribution in [0.2, 0.25) is 5.02 Å². The second-order valence-electron chi connectivity index (χ2n) is 5.89. The Morgan fingerprint density at radius 2 is 1.62 bits per heavy atom. The average molecular weight is 368 g/mol. The molecule has 0 unspecified atom stereocenters. The van der Waals surface area contributed by atoms with Gasteiger partial charge in [-0.2, -0.15) is 0 Å². The van der Waals surface area contributed by atoms with E-state index in [1.54, 1.807) is 19.1 Å². The predicted molar refractivity (Wildman–Crippen MR) is 97.5 cm³/mol. The first-order valence-electron chi connectivity index (χ1n) is 7.67. The highest BCUT2D eigenvalue weighted by molar-refractivity contribution is 7.89. The minimum Gasteiger partial charge on any atom is -0.492 e. The van der Waals surface area contributed by atoms with Crippen molar-refractivity contribution in [3.05, 3.63) is 57.6 Å². The Labute approximate surface area is 148 Å². The van der Waals surface area contributed by atoms with E-state index in [0.29, 0.717) is 10.6 Å². The molecule has 0 aliphatic heterocycles. The Morgan fingerprint density at radius 3 is 2.21 bits per heavy atom. The van der Waals surface area contributed by atoms with Crippen molar-refractivity contribution < 1.29 is 13.2 Å². The SMILES string of the molecule is Cc1ccc(S(=O)(=O)NCCOc2cc(C)c(Cl)c(C)c2)c(C)c1. The first-order valence-corrected chi connectivity index (χ1v) is 9.53. The third kappa shape index (κ3) is 4.50. The standard InChI is InChI=1S/C18H22ClNO3S/c1-12-5-6-17(13(2)9-12)24(21,22)20-7-8-23-16-10-14(3)18(19)15(4)11-16/h5-6,9-11,20H,7-8H2,1-4H3. The van der Waals surface area contributed by atoms with Gasteiger partial charge in [-0.15, -0.1) is 0 Å². The molecule has 4 nitrogen and oxygen atoms in total. The number of benzene rings is 2. The molecule has 0 saturated heterocycles. The molecule has 130 valence electrons. The van der Waals surface area contributed by atoms with Crippen molar-refractivity contribution in [1.82, 2.24) is 4.72 Å². The lowest BCUT2D eigenvalue weighted by Crippen LogP contribution is -2.28. The normalized spacial score (nSPS) is 11.5. The van der Waals surface area contributed by atoms with Crippen LogP contribution in [0.4, 0.5) is 0 Å². The van der Waals surface area contributed by atoms with E-state index in [1.807, 2.05) is 39.0 Å². The van der Waals surface area contributed by atoms with Gasteiger partial charge >= 0.3 is 0 Å². The molecule has 0 aliphatic rings. The summed E-state index contributed by atoms with van der Waals surface area (Å²) in [6, 6.07) is 8.95. The Hall–Kier alpha value is -1.56. The second kappa shape index (κ2) is 7.55. The molecule has 6 heteroatoms. The Morgan fingerprint density at radius 1 is 1.00 bits per heavy atom. The number of hydrogen-bond donors (Lipinski definition) is 1. The number of hydrogen-bond acceptors (Lipinski definition) is 3. The average Bonchev–Trinajstić information content (AvgIpc) is 2.48. The fourth-order valence-corrected chi connectivity index (χ4v) is 3.86. The summed E-state index contributed by atoms with van der Waals surface area (Å²) in [5.41, 5.74) is 3.63. The van der Waals surface area contributed by atoms with Gasteiger partial charge in [-0.05, 0) is 62.6 Å². The molecule has 0 radical (unpaired) electrons. The van der Waals surface area contributed by atoms with E-state index in [1.165, 1.54) is 0 Å². The smallest absolute Gasteiger partial charge is 0.240 e. The molecule has 0 bridgehead atoms. The third-order valence-electron chi connectivity index (χ3n) is 3.69. The molecule has 0 aromatic heterocycles. The van der Waals surface area contributed by atoms with Gasteiger partial charge in [-0.3, -0.25) is 0 Å². The highest BCUT2D eigenvalue weighted by Crippen LogP contribution is 2.25. The summed E-state index contributed by atoms with van der Waals surface area (Å²) >= 11 is 6.12. The molecule has 2 aromatic rings. The maximum atomic E-state index is 12.3. The number of sulfonamides is 1. The number of aryl methyl sites for hydroxylation is 4. The van der Waals surface area contributed by atoms with E-state index in [0.717, 1.165) is 27.3 Å². The van der Waals surface area contributed by atoms with Crippen molar-refractivity contribution in [2.75, 3.05) is 13.2 Å². The maximum Gasteiger partial charge on any atom is 0.240 e. The van der Waals surface area contributed by atoms with Crippen molar-refractivity contribution >= 4 is 21.6 Å². The first-order chi connectivity index (χ1) is 11.2. The minimum atomic E-state index is -3.54. The Balaban J connectivity index is 1.96. The van der Waals surface area contributed by atoms with Gasteiger partial charge in [-0.1, -0.05) is 29.3 Å². The summed E-state index contributed by atoms with van der Waals surface area (Å²) in [6.45, 7) is 7.97. The fraction of sp³-hybridized carbons (Fsp3) is 0.333. The predicted octanol–water partition coefficient (Wildman–Crippen LogP) is 3.93. The molecule has 0 heterocycles. The van der Waals surface area contributed by atoms with Gasteiger partial charge in [0.2, 0.25) is 10.0 Å². The lowest BCUT2D eigenvalue weighted by molar-refractivity contribution is 0.322. The van der Waals surface area contributed by atoms with Gasteiger partial charge in [0.25, 0.3) is 0 Å². The van der Waals surface area contributed by atoms with Gasteiger partial charge < -0.3 is 4.74 Å². The quantitative estimate of drug-likeness (QED) is 0.787. The van der Waals surface area contributed by atoms with Crippen LogP contribution in [0.15, 0.2) is 35.2 Å². The number of rotatable bonds is 6. The molecule has 24 heavy (non-hydrogen) atoms. The van der Waals surface area contributed by atoms with Crippen molar-refractivity contribution in [3.8, 4) is 5.75 Å². The second-order valence-corrected chi connectivity index (χ2v) is 8.00. The molecule has 2 aromatic carbocycles. The zero-order valence-corrected chi connectivity index (χ0v) is 15.9. The van der Waals surface area contributed by atoms with Gasteiger partial charge in [0.15, 0.2) is 0 Å². The lowest BCUT2D eigenvalue weighted by atomic mass is 10.1. The van der Waals surface area contributed by atoms with Gasteiger partial charge in [0.1, 0.15) is 12.4 Å². The molecule has 1 N–H and O–H groups in total. The molecule has 0 fully saturated rings. The summed E-state index contributed by atoms with van der Waals surface area (Å²) in [4.78, 5) is 0.297. The van der Waals surface area contributed by atoms with Crippen LogP contribution in [0.1, 0.15) is 22.3 Å². The first kappa shape index (κ1) is 18.8. The highest BCUT2D eigenvalue weighted by Gasteiger charge is 2.16. The topological polar surface area (TPSA) is 55.4 Å². The summed E-state index contributed by atoms with van der Waals surface area (Å²) in [7, 11) is -3.54. The maximum absolute atomic E-state index is 12.3. The van der Waals surface area contributed by atoms with E-state index in [4.69, 9.17) is 16.3 Å². The van der Waals surface area contributed by atoms with Crippen LogP contribution in [0.5, 0.6) is 5.75 Å². The lowest BCUT2D eigenvalue weighted by Gasteiger charge is -2.12. The molecule has 0 aliphatic carbocycles. The van der Waals surface area contributed by atoms with E-state index < -0.39 is 10.0 Å². The Kier molecular flexibility index (Phi) is 5.91. The van der Waals surface area contributed by atoms with Crippen LogP contribution in [0.3, 0.4) is 0 Å². The van der Waals surface area contributed by atoms with Gasteiger partial charge in [0.05, 0.1) is 4.90 Å². The molecular formula is C18H22ClNO3S. The molecular weight excluding hydrogens is 346 g/mol. The van der Waals surface area contributed by atoms with Crippen molar-refractivity contribution in [2.45, 2.75) is 32.6 Å². The van der Waals surface area contributed by atoms with Crippen molar-refractivity contribution in [2.24, 2.45) is 0 Å². The number of ether oxygens (including phenoxy) is 1. The summed E-state index contributed by atoms with van der Waals surface area (Å²) in [6.07, 6.45) is 0. The van der Waals surface area contributed by atoms with Crippen LogP contribution >= 0.6 is 11.6 Å². The molecule has 0 amide bonds. The van der Waals surface area contributed by atoms with E-state index in [9.17, 15) is 8.42 Å². The molecule has 0 saturated carbocycles. The fourth-order valence-electron chi connectivity index (χ4n) is 2.51. The Bertz CT molecular complexity index is 824. The zero-order valence-electron chi connectivity index (χ0n) is 14.3. The zero-order chi connectivity index (χ0) is 17.9. The van der Waals surface area contributed by atoms with Crippen LogP contribution in [0.25, 0.3) is 0 Å². The van der Waals surface area contributed by atoms with Crippen molar-refractivity contribution in [3.63, 3.8) is 0 Å². The van der Waals surface area contributed by atoms with E-state index >= 15 is 0 Å². The van der Waals surface area contributed by atoms with Crippen molar-refractivity contribution in [1.29, 1.82) is 0 Å². The number of nitrogens with one attached hydrogen (secondary N) is 1. The highest BCUT2D eigenvalue weighted by atomic mass is 35.5. The van der Waals surface area contributed by atoms with Crippen LogP contribution < -0.4 is 9.46 Å². The summed E-state index contributed by atoms with van der Waals surface area (Å²) < 4.78 is 32.9. The monoisotopic (exact) mass is 367 g/mol. The van der Waals surface area contributed by atoms with E-state index in [2.05, 4.69) is 4.72 Å². The van der Waals surface area contributed by atoms with Crippen LogP contribution in [0, 0.1) is 27.7 Å². The third-order valence-corrected chi connectivity index (χ3v) is 5.91. The largest absolute Gasteiger partial charge is 0.492 e. The summed E-state index contributed by atoms with van der Waals surface area (Å²) in [5.74, 6) is 0.681. The molecule has 0 spiro atoms. The minimum absolute atomic E-state index is 0.191. The molecule has 0 atom stereocenters. The van der Waals surface area contributed by atoms with Crippen LogP contribution in [-0.2, 0) is 10.0 Å². The van der Waals surface area contributed by atoms with Gasteiger partial charge in [-0.25, -0.2) is 13.1 Å². The van der Waals surface area contributed by atoms with Crippen LogP contribution in [-0.4, -0.2) is 21.6 Å². The van der Waals surface area contributed by atoms with E-state index in [-0.39, 0.29) is 13.2 Å². The summed E-state index contributed by atoms with van der Waals surface area (Å²) in [5, 5.41) is 0.720. The molecule has 2 rings (SSSR count). The van der Waals surface area contributed by atoms with Gasteiger partial charge in [0, 0.05) is 11.6 Å². The number of halogens is 1.